The fourth-order valence-corrected chi connectivity index (χ4v) is 2.18. The molecule has 1 aliphatic rings. The van der Waals surface area contributed by atoms with Crippen LogP contribution in [0.4, 0.5) is 10.1 Å². The Morgan fingerprint density at radius 1 is 1.53 bits per heavy atom. The number of carbonyl (C=O) groups is 1. The van der Waals surface area contributed by atoms with E-state index < -0.39 is 5.82 Å². The minimum Gasteiger partial charge on any atom is -0.373 e. The van der Waals surface area contributed by atoms with Gasteiger partial charge in [-0.25, -0.2) is 4.39 Å². The molecule has 1 aliphatic heterocycles. The maximum Gasteiger partial charge on any atom is 0.222 e. The summed E-state index contributed by atoms with van der Waals surface area (Å²) in [6.45, 7) is 2.15. The average molecular weight is 261 g/mol. The summed E-state index contributed by atoms with van der Waals surface area (Å²) < 4.78 is 13.2. The van der Waals surface area contributed by atoms with E-state index in [1.165, 1.54) is 12.1 Å². The van der Waals surface area contributed by atoms with Crippen LogP contribution in [0.25, 0.3) is 0 Å². The van der Waals surface area contributed by atoms with Crippen LogP contribution in [0.1, 0.15) is 18.4 Å². The lowest BCUT2D eigenvalue weighted by Crippen LogP contribution is -2.34. The van der Waals surface area contributed by atoms with Crippen LogP contribution >= 0.6 is 0 Å². The van der Waals surface area contributed by atoms with Crippen LogP contribution in [-0.4, -0.2) is 37.5 Å². The van der Waals surface area contributed by atoms with Crippen LogP contribution in [-0.2, 0) is 4.79 Å². The summed E-state index contributed by atoms with van der Waals surface area (Å²) in [5.74, 6) is -0.306. The zero-order valence-electron chi connectivity index (χ0n) is 10.9. The van der Waals surface area contributed by atoms with Gasteiger partial charge in [-0.3, -0.25) is 4.79 Å². The van der Waals surface area contributed by atoms with Crippen LogP contribution in [0.5, 0.6) is 0 Å². The van der Waals surface area contributed by atoms with Gasteiger partial charge >= 0.3 is 0 Å². The number of amides is 1. The first-order valence-electron chi connectivity index (χ1n) is 6.30. The lowest BCUT2D eigenvalue weighted by molar-refractivity contribution is -0.127. The van der Waals surface area contributed by atoms with Crippen LogP contribution in [0.15, 0.2) is 18.2 Å². The maximum atomic E-state index is 13.2. The predicted octanol–water partition coefficient (Wildman–Crippen LogP) is 1.76. The number of nitriles is 1. The topological polar surface area (TPSA) is 47.3 Å². The van der Waals surface area contributed by atoms with Gasteiger partial charge < -0.3 is 9.80 Å². The molecule has 0 radical (unpaired) electrons. The SMILES string of the molecule is CN(CCN1CCCC1=O)c1ccc(F)c(C#N)c1. The lowest BCUT2D eigenvalue weighted by atomic mass is 10.2. The summed E-state index contributed by atoms with van der Waals surface area (Å²) >= 11 is 0. The Bertz CT molecular complexity index is 524. The molecule has 0 bridgehead atoms. The highest BCUT2D eigenvalue weighted by Gasteiger charge is 2.19. The molecule has 1 fully saturated rings. The first kappa shape index (κ1) is 13.3. The van der Waals surface area contributed by atoms with Crippen LogP contribution in [0.3, 0.4) is 0 Å². The molecule has 1 amide bonds. The van der Waals surface area contributed by atoms with Crippen LogP contribution < -0.4 is 4.90 Å². The normalized spacial score (nSPS) is 14.6. The van der Waals surface area contributed by atoms with Gasteiger partial charge in [-0.05, 0) is 24.6 Å². The minimum absolute atomic E-state index is 0.0431. The largest absolute Gasteiger partial charge is 0.373 e. The molecule has 1 aromatic rings. The fraction of sp³-hybridized carbons (Fsp3) is 0.429. The Hall–Kier alpha value is -2.09. The van der Waals surface area contributed by atoms with Crippen molar-refractivity contribution in [2.24, 2.45) is 0 Å². The number of likely N-dealkylation sites (tertiary alicyclic amines) is 1. The quantitative estimate of drug-likeness (QED) is 0.829. The van der Waals surface area contributed by atoms with E-state index in [1.54, 1.807) is 6.07 Å². The van der Waals surface area contributed by atoms with Crippen molar-refractivity contribution < 1.29 is 9.18 Å². The number of likely N-dealkylation sites (N-methyl/N-ethyl adjacent to an activating group) is 1. The molecule has 0 aromatic heterocycles. The number of halogens is 1. The van der Waals surface area contributed by atoms with Gasteiger partial charge in [0.25, 0.3) is 0 Å². The van der Waals surface area contributed by atoms with E-state index in [4.69, 9.17) is 5.26 Å². The van der Waals surface area contributed by atoms with Crippen molar-refractivity contribution in [1.29, 1.82) is 5.26 Å². The number of anilines is 1. The Balaban J connectivity index is 1.98. The van der Waals surface area contributed by atoms with E-state index >= 15 is 0 Å². The fourth-order valence-electron chi connectivity index (χ4n) is 2.18. The van der Waals surface area contributed by atoms with Gasteiger partial charge in [0.05, 0.1) is 5.56 Å². The molecule has 4 nitrogen and oxygen atoms in total. The second-order valence-electron chi connectivity index (χ2n) is 4.68. The maximum absolute atomic E-state index is 13.2. The van der Waals surface area contributed by atoms with E-state index in [-0.39, 0.29) is 11.5 Å². The summed E-state index contributed by atoms with van der Waals surface area (Å²) in [6, 6.07) is 6.30. The second kappa shape index (κ2) is 5.70. The van der Waals surface area contributed by atoms with Crippen molar-refractivity contribution in [2.45, 2.75) is 12.8 Å². The first-order chi connectivity index (χ1) is 9.11. The third-order valence-electron chi connectivity index (χ3n) is 3.39. The van der Waals surface area contributed by atoms with Gasteiger partial charge in [-0.15, -0.1) is 0 Å². The van der Waals surface area contributed by atoms with Crippen LogP contribution in [0, 0.1) is 17.1 Å². The van der Waals surface area contributed by atoms with Crippen molar-refractivity contribution >= 4 is 11.6 Å². The first-order valence-corrected chi connectivity index (χ1v) is 6.30. The van der Waals surface area contributed by atoms with Crippen molar-refractivity contribution in [3.05, 3.63) is 29.6 Å². The van der Waals surface area contributed by atoms with Gasteiger partial charge in [-0.1, -0.05) is 0 Å². The molecule has 100 valence electrons. The Labute approximate surface area is 112 Å². The molecule has 0 unspecified atom stereocenters. The minimum atomic E-state index is -0.505. The monoisotopic (exact) mass is 261 g/mol. The zero-order valence-corrected chi connectivity index (χ0v) is 10.9. The standard InChI is InChI=1S/C14H16FN3O/c1-17(7-8-18-6-2-3-14(18)19)12-4-5-13(15)11(9-12)10-16/h4-5,9H,2-3,6-8H2,1H3. The van der Waals surface area contributed by atoms with Crippen molar-refractivity contribution in [3.8, 4) is 6.07 Å². The number of hydrogen-bond donors (Lipinski definition) is 0. The summed E-state index contributed by atoms with van der Waals surface area (Å²) in [5.41, 5.74) is 0.825. The number of hydrogen-bond acceptors (Lipinski definition) is 3. The molecule has 1 heterocycles. The summed E-state index contributed by atoms with van der Waals surface area (Å²) in [6.07, 6.45) is 1.57. The zero-order chi connectivity index (χ0) is 13.8. The van der Waals surface area contributed by atoms with E-state index in [0.717, 1.165) is 18.7 Å². The van der Waals surface area contributed by atoms with Gasteiger partial charge in [0.1, 0.15) is 11.9 Å². The summed E-state index contributed by atoms with van der Waals surface area (Å²) in [4.78, 5) is 15.2. The van der Waals surface area contributed by atoms with Gasteiger partial charge in [0.2, 0.25) is 5.91 Å². The smallest absolute Gasteiger partial charge is 0.222 e. The van der Waals surface area contributed by atoms with E-state index in [2.05, 4.69) is 0 Å². The van der Waals surface area contributed by atoms with E-state index in [0.29, 0.717) is 19.5 Å². The van der Waals surface area contributed by atoms with Gasteiger partial charge in [0.15, 0.2) is 0 Å². The third-order valence-corrected chi connectivity index (χ3v) is 3.39. The average Bonchev–Trinajstić information content (AvgIpc) is 2.82. The molecule has 0 spiro atoms. The van der Waals surface area contributed by atoms with Gasteiger partial charge in [0, 0.05) is 38.8 Å². The van der Waals surface area contributed by atoms with Crippen molar-refractivity contribution in [3.63, 3.8) is 0 Å². The van der Waals surface area contributed by atoms with E-state index in [9.17, 15) is 9.18 Å². The number of rotatable bonds is 4. The summed E-state index contributed by atoms with van der Waals surface area (Å²) in [7, 11) is 1.87. The highest BCUT2D eigenvalue weighted by molar-refractivity contribution is 5.78. The lowest BCUT2D eigenvalue weighted by Gasteiger charge is -2.23. The van der Waals surface area contributed by atoms with Crippen molar-refractivity contribution in [2.75, 3.05) is 31.6 Å². The number of benzene rings is 1. The highest BCUT2D eigenvalue weighted by atomic mass is 19.1. The summed E-state index contributed by atoms with van der Waals surface area (Å²) in [5, 5.41) is 8.80. The van der Waals surface area contributed by atoms with E-state index in [1.807, 2.05) is 22.9 Å². The molecule has 0 N–H and O–H groups in total. The molecule has 2 rings (SSSR count). The Kier molecular flexibility index (Phi) is 4.00. The third kappa shape index (κ3) is 3.02. The molecule has 5 heteroatoms. The molecule has 1 saturated heterocycles. The number of nitrogens with zero attached hydrogens (tertiary/aromatic N) is 3. The number of carbonyl (C=O) groups excluding carboxylic acids is 1. The molecular formula is C14H16FN3O. The molecule has 19 heavy (non-hydrogen) atoms. The van der Waals surface area contributed by atoms with Gasteiger partial charge in [-0.2, -0.15) is 5.26 Å². The Morgan fingerprint density at radius 2 is 2.32 bits per heavy atom. The van der Waals surface area contributed by atoms with Crippen LogP contribution in [0.2, 0.25) is 0 Å². The molecule has 0 aliphatic carbocycles. The predicted molar refractivity (Wildman–Crippen MR) is 70.2 cm³/mol. The molecule has 1 aromatic carbocycles. The molecule has 0 atom stereocenters. The van der Waals surface area contributed by atoms with Crippen molar-refractivity contribution in [1.82, 2.24) is 4.90 Å². The second-order valence-corrected chi connectivity index (χ2v) is 4.68. The Morgan fingerprint density at radius 3 is 2.95 bits per heavy atom. The molecular weight excluding hydrogens is 245 g/mol. The highest BCUT2D eigenvalue weighted by Crippen LogP contribution is 2.17. The molecule has 0 saturated carbocycles.